The van der Waals surface area contributed by atoms with Crippen LogP contribution in [0.15, 0.2) is 0 Å². The molecular formula is C19H36O3Si. The highest BCUT2D eigenvalue weighted by molar-refractivity contribution is 6.74. The Morgan fingerprint density at radius 1 is 1.22 bits per heavy atom. The number of ether oxygens (including phenoxy) is 1. The molecule has 0 aromatic rings. The van der Waals surface area contributed by atoms with Crippen LogP contribution in [0.4, 0.5) is 0 Å². The summed E-state index contributed by atoms with van der Waals surface area (Å²) >= 11 is 0. The molecule has 1 aliphatic heterocycles. The number of carbonyl (C=O) groups excluding carboxylic acids is 1. The van der Waals surface area contributed by atoms with Gasteiger partial charge >= 0.3 is 0 Å². The van der Waals surface area contributed by atoms with E-state index in [1.54, 1.807) is 0 Å². The summed E-state index contributed by atoms with van der Waals surface area (Å²) in [6.07, 6.45) is 2.79. The second-order valence-corrected chi connectivity index (χ2v) is 14.9. The van der Waals surface area contributed by atoms with E-state index in [4.69, 9.17) is 9.16 Å². The lowest BCUT2D eigenvalue weighted by molar-refractivity contribution is -0.216. The van der Waals surface area contributed by atoms with Crippen LogP contribution in [0.2, 0.25) is 18.1 Å². The Balaban J connectivity index is 2.22. The van der Waals surface area contributed by atoms with Crippen LogP contribution in [-0.2, 0) is 14.0 Å². The predicted molar refractivity (Wildman–Crippen MR) is 97.2 cm³/mol. The van der Waals surface area contributed by atoms with Gasteiger partial charge in [-0.3, -0.25) is 4.79 Å². The Bertz CT molecular complexity index is 477. The molecule has 0 bridgehead atoms. The molecule has 23 heavy (non-hydrogen) atoms. The summed E-state index contributed by atoms with van der Waals surface area (Å²) in [5.74, 6) is 0.343. The monoisotopic (exact) mass is 340 g/mol. The van der Waals surface area contributed by atoms with Crippen LogP contribution >= 0.6 is 0 Å². The third kappa shape index (κ3) is 3.31. The first-order valence-corrected chi connectivity index (χ1v) is 12.0. The zero-order valence-corrected chi connectivity index (χ0v) is 17.6. The fourth-order valence-electron chi connectivity index (χ4n) is 4.03. The van der Waals surface area contributed by atoms with Crippen molar-refractivity contribution in [1.29, 1.82) is 0 Å². The molecule has 1 saturated heterocycles. The van der Waals surface area contributed by atoms with Gasteiger partial charge in [-0.15, -0.1) is 0 Å². The summed E-state index contributed by atoms with van der Waals surface area (Å²) in [5, 5.41) is 0.201. The topological polar surface area (TPSA) is 35.5 Å². The van der Waals surface area contributed by atoms with Gasteiger partial charge in [-0.05, 0) is 43.3 Å². The SMILES string of the molecule is C[C@H]1O[C@H]2C(C)(C)C(=O)CC[C@]2(C)CC1O[Si](C)(C)C(C)(C)C. The van der Waals surface area contributed by atoms with Gasteiger partial charge in [0.2, 0.25) is 0 Å². The van der Waals surface area contributed by atoms with E-state index < -0.39 is 8.32 Å². The van der Waals surface area contributed by atoms with E-state index in [1.807, 2.05) is 0 Å². The zero-order valence-electron chi connectivity index (χ0n) is 16.6. The fraction of sp³-hybridized carbons (Fsp3) is 0.947. The average Bonchev–Trinajstić information content (AvgIpc) is 2.36. The van der Waals surface area contributed by atoms with Gasteiger partial charge in [-0.2, -0.15) is 0 Å². The lowest BCUT2D eigenvalue weighted by Gasteiger charge is -2.56. The maximum atomic E-state index is 12.4. The van der Waals surface area contributed by atoms with Crippen molar-refractivity contribution in [1.82, 2.24) is 0 Å². The molecule has 0 aromatic carbocycles. The molecule has 2 fully saturated rings. The largest absolute Gasteiger partial charge is 0.411 e. The normalized spacial score (nSPS) is 38.3. The maximum Gasteiger partial charge on any atom is 0.192 e. The first-order valence-electron chi connectivity index (χ1n) is 9.07. The summed E-state index contributed by atoms with van der Waals surface area (Å²) in [5.41, 5.74) is -0.347. The fourth-order valence-corrected chi connectivity index (χ4v) is 5.42. The van der Waals surface area contributed by atoms with Crippen molar-refractivity contribution in [3.63, 3.8) is 0 Å². The highest BCUT2D eigenvalue weighted by Gasteiger charge is 2.57. The van der Waals surface area contributed by atoms with Crippen LogP contribution in [-0.4, -0.2) is 32.4 Å². The minimum absolute atomic E-state index is 0.00511. The Morgan fingerprint density at radius 2 is 1.78 bits per heavy atom. The van der Waals surface area contributed by atoms with E-state index in [2.05, 4.69) is 61.6 Å². The highest BCUT2D eigenvalue weighted by atomic mass is 28.4. The Labute approximate surface area is 143 Å². The zero-order chi connectivity index (χ0) is 17.8. The molecule has 0 spiro atoms. The molecule has 1 aliphatic carbocycles. The van der Waals surface area contributed by atoms with Crippen LogP contribution < -0.4 is 0 Å². The first-order chi connectivity index (χ1) is 10.2. The van der Waals surface area contributed by atoms with Gasteiger partial charge in [0, 0.05) is 6.42 Å². The second-order valence-electron chi connectivity index (χ2n) is 10.1. The number of hydrogen-bond acceptors (Lipinski definition) is 3. The summed E-state index contributed by atoms with van der Waals surface area (Å²) < 4.78 is 13.1. The van der Waals surface area contributed by atoms with Crippen LogP contribution in [0.5, 0.6) is 0 Å². The third-order valence-electron chi connectivity index (χ3n) is 6.72. The number of fused-ring (bicyclic) bond motifs is 1. The van der Waals surface area contributed by atoms with Crippen LogP contribution in [0, 0.1) is 10.8 Å². The van der Waals surface area contributed by atoms with Gasteiger partial charge in [-0.25, -0.2) is 0 Å². The summed E-state index contributed by atoms with van der Waals surface area (Å²) in [6, 6.07) is 0. The number of rotatable bonds is 2. The standard InChI is InChI=1S/C19H36O3Si/c1-13-14(22-23(8,9)17(2,3)4)12-19(7)11-10-15(20)18(5,6)16(19)21-13/h13-14,16H,10-12H2,1-9H3/t13-,14?,16+,19-/m1/s1. The third-order valence-corrected chi connectivity index (χ3v) is 11.2. The molecular weight excluding hydrogens is 304 g/mol. The number of Topliss-reactive ketones (excluding diaryl/α,β-unsaturated/α-hetero) is 1. The van der Waals surface area contributed by atoms with Gasteiger partial charge < -0.3 is 9.16 Å². The summed E-state index contributed by atoms with van der Waals surface area (Å²) in [4.78, 5) is 12.4. The van der Waals surface area contributed by atoms with Crippen molar-refractivity contribution in [3.05, 3.63) is 0 Å². The van der Waals surface area contributed by atoms with Gasteiger partial charge in [0.25, 0.3) is 0 Å². The molecule has 1 saturated carbocycles. The molecule has 4 heteroatoms. The van der Waals surface area contributed by atoms with Gasteiger partial charge in [-0.1, -0.05) is 41.5 Å². The molecule has 0 N–H and O–H groups in total. The molecule has 134 valence electrons. The number of hydrogen-bond donors (Lipinski definition) is 0. The van der Waals surface area contributed by atoms with Crippen molar-refractivity contribution >= 4 is 14.1 Å². The smallest absolute Gasteiger partial charge is 0.192 e. The molecule has 3 nitrogen and oxygen atoms in total. The highest BCUT2D eigenvalue weighted by Crippen LogP contribution is 2.53. The first kappa shape index (κ1) is 19.1. The molecule has 0 amide bonds. The van der Waals surface area contributed by atoms with Gasteiger partial charge in [0.05, 0.1) is 23.7 Å². The van der Waals surface area contributed by atoms with Crippen molar-refractivity contribution in [2.75, 3.05) is 0 Å². The van der Waals surface area contributed by atoms with E-state index in [1.165, 1.54) is 0 Å². The van der Waals surface area contributed by atoms with E-state index >= 15 is 0 Å². The average molecular weight is 341 g/mol. The minimum atomic E-state index is -1.82. The van der Waals surface area contributed by atoms with Crippen LogP contribution in [0.1, 0.15) is 67.7 Å². The van der Waals surface area contributed by atoms with Crippen molar-refractivity contribution < 1.29 is 14.0 Å². The van der Waals surface area contributed by atoms with E-state index in [0.29, 0.717) is 12.2 Å². The Kier molecular flexibility index (Phi) is 4.72. The minimum Gasteiger partial charge on any atom is -0.411 e. The second kappa shape index (κ2) is 5.67. The lowest BCUT2D eigenvalue weighted by Crippen LogP contribution is -2.61. The molecule has 2 rings (SSSR count). The number of carbonyl (C=O) groups is 1. The van der Waals surface area contributed by atoms with Crippen molar-refractivity contribution in [3.8, 4) is 0 Å². The molecule has 1 heterocycles. The molecule has 0 radical (unpaired) electrons. The number of ketones is 1. The summed E-state index contributed by atoms with van der Waals surface area (Å²) in [7, 11) is -1.82. The predicted octanol–water partition coefficient (Wildman–Crippen LogP) is 4.95. The molecule has 1 unspecified atom stereocenters. The quantitative estimate of drug-likeness (QED) is 0.667. The van der Waals surface area contributed by atoms with Crippen molar-refractivity contribution in [2.45, 2.75) is 104 Å². The van der Waals surface area contributed by atoms with E-state index in [-0.39, 0.29) is 34.2 Å². The molecule has 4 atom stereocenters. The molecule has 0 aromatic heterocycles. The Morgan fingerprint density at radius 3 is 2.30 bits per heavy atom. The van der Waals surface area contributed by atoms with Crippen molar-refractivity contribution in [2.24, 2.45) is 10.8 Å². The molecule has 2 aliphatic rings. The summed E-state index contributed by atoms with van der Waals surface area (Å²) in [6.45, 7) is 20.0. The van der Waals surface area contributed by atoms with Crippen LogP contribution in [0.25, 0.3) is 0 Å². The maximum absolute atomic E-state index is 12.4. The van der Waals surface area contributed by atoms with E-state index in [9.17, 15) is 4.79 Å². The van der Waals surface area contributed by atoms with E-state index in [0.717, 1.165) is 12.8 Å². The van der Waals surface area contributed by atoms with Gasteiger partial charge in [0.15, 0.2) is 8.32 Å². The Hall–Kier alpha value is -0.193. The van der Waals surface area contributed by atoms with Crippen LogP contribution in [0.3, 0.4) is 0 Å². The lowest BCUT2D eigenvalue weighted by atomic mass is 9.58. The van der Waals surface area contributed by atoms with Gasteiger partial charge in [0.1, 0.15) is 5.78 Å².